The van der Waals surface area contributed by atoms with Crippen LogP contribution in [0.15, 0.2) is 66.7 Å². The Morgan fingerprint density at radius 2 is 1.50 bits per heavy atom. The number of hydrogen-bond donors (Lipinski definition) is 2. The fourth-order valence-corrected chi connectivity index (χ4v) is 3.67. The number of aliphatic hydroxyl groups is 1. The van der Waals surface area contributed by atoms with E-state index in [1.54, 1.807) is 0 Å². The van der Waals surface area contributed by atoms with E-state index in [1.165, 1.54) is 16.5 Å². The minimum absolute atomic E-state index is 0.251. The maximum absolute atomic E-state index is 10.9. The van der Waals surface area contributed by atoms with Gasteiger partial charge in [-0.15, -0.1) is 0 Å². The molecule has 0 aliphatic rings. The Kier molecular flexibility index (Phi) is 6.08. The van der Waals surface area contributed by atoms with Crippen molar-refractivity contribution < 1.29 is 5.11 Å². The van der Waals surface area contributed by atoms with Gasteiger partial charge in [0, 0.05) is 12.6 Å². The molecule has 26 heavy (non-hydrogen) atoms. The highest BCUT2D eigenvalue weighted by Crippen LogP contribution is 2.27. The van der Waals surface area contributed by atoms with Crippen molar-refractivity contribution in [1.29, 1.82) is 0 Å². The molecule has 2 nitrogen and oxygen atoms in total. The van der Waals surface area contributed by atoms with Gasteiger partial charge in [-0.1, -0.05) is 80.6 Å². The Balaban J connectivity index is 1.79. The van der Waals surface area contributed by atoms with Crippen LogP contribution in [0.4, 0.5) is 0 Å². The first-order valence-electron chi connectivity index (χ1n) is 9.51. The van der Waals surface area contributed by atoms with Gasteiger partial charge in [0.1, 0.15) is 0 Å². The molecule has 0 aromatic heterocycles. The lowest BCUT2D eigenvalue weighted by molar-refractivity contribution is 0.169. The summed E-state index contributed by atoms with van der Waals surface area (Å²) < 4.78 is 0. The lowest BCUT2D eigenvalue weighted by Crippen LogP contribution is -2.28. The predicted molar refractivity (Wildman–Crippen MR) is 110 cm³/mol. The van der Waals surface area contributed by atoms with E-state index in [0.717, 1.165) is 17.4 Å². The monoisotopic (exact) mass is 347 g/mol. The molecule has 0 radical (unpaired) electrons. The Morgan fingerprint density at radius 3 is 2.27 bits per heavy atom. The molecule has 0 aliphatic heterocycles. The van der Waals surface area contributed by atoms with Crippen LogP contribution in [-0.4, -0.2) is 11.7 Å². The summed E-state index contributed by atoms with van der Waals surface area (Å²) in [6.07, 6.45) is 0.521. The van der Waals surface area contributed by atoms with E-state index in [9.17, 15) is 5.11 Å². The normalized spacial score (nSPS) is 13.9. The van der Waals surface area contributed by atoms with Crippen molar-refractivity contribution in [3.05, 3.63) is 83.4 Å². The van der Waals surface area contributed by atoms with E-state index in [2.05, 4.69) is 68.6 Å². The second kappa shape index (κ2) is 8.48. The molecular formula is C24H29NO. The van der Waals surface area contributed by atoms with Crippen LogP contribution >= 0.6 is 0 Å². The molecule has 0 heterocycles. The first-order valence-corrected chi connectivity index (χ1v) is 9.51. The van der Waals surface area contributed by atoms with Crippen molar-refractivity contribution >= 4 is 10.8 Å². The zero-order valence-electron chi connectivity index (χ0n) is 15.9. The second-order valence-electron chi connectivity index (χ2n) is 7.53. The summed E-state index contributed by atoms with van der Waals surface area (Å²) in [5.41, 5.74) is 3.61. The van der Waals surface area contributed by atoms with Gasteiger partial charge in [-0.05, 0) is 46.7 Å². The lowest BCUT2D eigenvalue weighted by Gasteiger charge is -2.25. The standard InChI is InChI=1S/C24H29NO/c1-17(2)15-23(20-12-6-4-9-18(20)3)25-16-24(26)22-14-8-11-19-10-5-7-13-21(19)22/h4-14,17,23-26H,15-16H2,1-3H3. The highest BCUT2D eigenvalue weighted by molar-refractivity contribution is 5.85. The highest BCUT2D eigenvalue weighted by atomic mass is 16.3. The Morgan fingerprint density at radius 1 is 0.846 bits per heavy atom. The van der Waals surface area contributed by atoms with Crippen LogP contribution in [0.2, 0.25) is 0 Å². The van der Waals surface area contributed by atoms with E-state index in [-0.39, 0.29) is 6.04 Å². The predicted octanol–water partition coefficient (Wildman–Crippen LogP) is 5.56. The topological polar surface area (TPSA) is 32.3 Å². The quantitative estimate of drug-likeness (QED) is 0.586. The average molecular weight is 348 g/mol. The van der Waals surface area contributed by atoms with Gasteiger partial charge < -0.3 is 10.4 Å². The molecule has 0 spiro atoms. The summed E-state index contributed by atoms with van der Waals surface area (Å²) in [6, 6.07) is 23.2. The van der Waals surface area contributed by atoms with Gasteiger partial charge in [0.05, 0.1) is 6.10 Å². The number of nitrogens with one attached hydrogen (secondary N) is 1. The van der Waals surface area contributed by atoms with Crippen molar-refractivity contribution in [2.75, 3.05) is 6.54 Å². The Labute approximate surface area is 156 Å². The Hall–Kier alpha value is -2.16. The molecule has 0 amide bonds. The third-order valence-corrected chi connectivity index (χ3v) is 5.01. The molecular weight excluding hydrogens is 318 g/mol. The first-order chi connectivity index (χ1) is 12.6. The van der Waals surface area contributed by atoms with E-state index in [4.69, 9.17) is 0 Å². The third-order valence-electron chi connectivity index (χ3n) is 5.01. The molecule has 136 valence electrons. The van der Waals surface area contributed by atoms with E-state index in [0.29, 0.717) is 12.5 Å². The number of rotatable bonds is 7. The van der Waals surface area contributed by atoms with Crippen molar-refractivity contribution in [2.24, 2.45) is 5.92 Å². The maximum Gasteiger partial charge on any atom is 0.0920 e. The summed E-state index contributed by atoms with van der Waals surface area (Å²) in [7, 11) is 0. The molecule has 2 heteroatoms. The largest absolute Gasteiger partial charge is 0.387 e. The summed E-state index contributed by atoms with van der Waals surface area (Å²) in [6.45, 7) is 7.19. The molecule has 0 saturated carbocycles. The minimum atomic E-state index is -0.528. The fourth-order valence-electron chi connectivity index (χ4n) is 3.67. The third kappa shape index (κ3) is 4.32. The number of aliphatic hydroxyl groups excluding tert-OH is 1. The van der Waals surface area contributed by atoms with Gasteiger partial charge in [0.2, 0.25) is 0 Å². The van der Waals surface area contributed by atoms with Gasteiger partial charge in [-0.25, -0.2) is 0 Å². The molecule has 0 saturated heterocycles. The van der Waals surface area contributed by atoms with Gasteiger partial charge in [0.25, 0.3) is 0 Å². The van der Waals surface area contributed by atoms with E-state index in [1.807, 2.05) is 24.3 Å². The van der Waals surface area contributed by atoms with Gasteiger partial charge in [-0.2, -0.15) is 0 Å². The molecule has 3 rings (SSSR count). The molecule has 2 unspecified atom stereocenters. The molecule has 0 bridgehead atoms. The molecule has 3 aromatic rings. The minimum Gasteiger partial charge on any atom is -0.387 e. The van der Waals surface area contributed by atoms with Gasteiger partial charge in [0.15, 0.2) is 0 Å². The van der Waals surface area contributed by atoms with Crippen LogP contribution in [0.1, 0.15) is 49.1 Å². The van der Waals surface area contributed by atoms with Gasteiger partial charge >= 0.3 is 0 Å². The van der Waals surface area contributed by atoms with Crippen LogP contribution in [-0.2, 0) is 0 Å². The van der Waals surface area contributed by atoms with Crippen LogP contribution in [0.3, 0.4) is 0 Å². The number of benzene rings is 3. The second-order valence-corrected chi connectivity index (χ2v) is 7.53. The number of hydrogen-bond acceptors (Lipinski definition) is 2. The molecule has 0 aliphatic carbocycles. The van der Waals surface area contributed by atoms with Crippen molar-refractivity contribution in [3.63, 3.8) is 0 Å². The van der Waals surface area contributed by atoms with Crippen LogP contribution in [0.5, 0.6) is 0 Å². The fraction of sp³-hybridized carbons (Fsp3) is 0.333. The number of aryl methyl sites for hydroxylation is 1. The van der Waals surface area contributed by atoms with Crippen molar-refractivity contribution in [1.82, 2.24) is 5.32 Å². The smallest absolute Gasteiger partial charge is 0.0920 e. The summed E-state index contributed by atoms with van der Waals surface area (Å²) >= 11 is 0. The van der Waals surface area contributed by atoms with E-state index < -0.39 is 6.10 Å². The lowest BCUT2D eigenvalue weighted by atomic mass is 9.93. The zero-order chi connectivity index (χ0) is 18.5. The zero-order valence-corrected chi connectivity index (χ0v) is 15.9. The summed E-state index contributed by atoms with van der Waals surface area (Å²) in [5, 5.41) is 16.8. The molecule has 0 fully saturated rings. The average Bonchev–Trinajstić information content (AvgIpc) is 2.64. The van der Waals surface area contributed by atoms with Crippen LogP contribution in [0.25, 0.3) is 10.8 Å². The number of fused-ring (bicyclic) bond motifs is 1. The summed E-state index contributed by atoms with van der Waals surface area (Å²) in [4.78, 5) is 0. The molecule has 2 atom stereocenters. The van der Waals surface area contributed by atoms with Crippen LogP contribution < -0.4 is 5.32 Å². The molecule has 3 aromatic carbocycles. The van der Waals surface area contributed by atoms with E-state index >= 15 is 0 Å². The van der Waals surface area contributed by atoms with Crippen LogP contribution in [0, 0.1) is 12.8 Å². The van der Waals surface area contributed by atoms with Crippen molar-refractivity contribution in [2.45, 2.75) is 39.3 Å². The summed E-state index contributed by atoms with van der Waals surface area (Å²) in [5.74, 6) is 0.585. The Bertz CT molecular complexity index is 850. The highest BCUT2D eigenvalue weighted by Gasteiger charge is 2.18. The SMILES string of the molecule is Cc1ccccc1C(CC(C)C)NCC(O)c1cccc2ccccc12. The van der Waals surface area contributed by atoms with Gasteiger partial charge in [-0.3, -0.25) is 0 Å². The van der Waals surface area contributed by atoms with Crippen molar-refractivity contribution in [3.8, 4) is 0 Å². The molecule has 2 N–H and O–H groups in total. The first kappa shape index (κ1) is 18.6. The maximum atomic E-state index is 10.9.